The lowest BCUT2D eigenvalue weighted by Gasteiger charge is -2.55. The molecule has 1 heteroatoms. The van der Waals surface area contributed by atoms with Gasteiger partial charge in [-0.2, -0.15) is 0 Å². The quantitative estimate of drug-likeness (QED) is 0.806. The van der Waals surface area contributed by atoms with Gasteiger partial charge in [0.25, 0.3) is 0 Å². The summed E-state index contributed by atoms with van der Waals surface area (Å²) in [5.41, 5.74) is 6.83. The van der Waals surface area contributed by atoms with E-state index in [4.69, 9.17) is 5.73 Å². The smallest absolute Gasteiger partial charge is 0.0186 e. The summed E-state index contributed by atoms with van der Waals surface area (Å²) in [6.45, 7) is 4.82. The van der Waals surface area contributed by atoms with E-state index in [2.05, 4.69) is 13.8 Å². The molecule has 0 radical (unpaired) electrons. The Morgan fingerprint density at radius 2 is 1.47 bits per heavy atom. The normalized spacial score (nSPS) is 47.7. The molecule has 0 saturated heterocycles. The van der Waals surface area contributed by atoms with E-state index in [-0.39, 0.29) is 5.54 Å². The van der Waals surface area contributed by atoms with Crippen LogP contribution in [0.3, 0.4) is 0 Å². The molecule has 0 aromatic carbocycles. The maximum absolute atomic E-state index is 6.60. The standard InChI is InChI=1S/C18H31N/c1-11(2)17(18(19)3-4-18)10-16-14-6-12-5-13(8-14)9-15(16)7-12/h11-17H,3-10,19H2,1-2H3. The predicted molar refractivity (Wildman–Crippen MR) is 79.6 cm³/mol. The monoisotopic (exact) mass is 261 g/mol. The predicted octanol–water partition coefficient (Wildman–Crippen LogP) is 4.21. The molecule has 0 amide bonds. The molecule has 0 heterocycles. The Labute approximate surface area is 118 Å². The first-order valence-electron chi connectivity index (χ1n) is 8.84. The molecular formula is C18H31N. The van der Waals surface area contributed by atoms with E-state index < -0.39 is 0 Å². The Balaban J connectivity index is 1.50. The highest BCUT2D eigenvalue weighted by Gasteiger charge is 2.52. The molecule has 5 aliphatic rings. The van der Waals surface area contributed by atoms with Gasteiger partial charge in [0.2, 0.25) is 0 Å². The molecule has 4 bridgehead atoms. The Morgan fingerprint density at radius 3 is 1.89 bits per heavy atom. The number of rotatable bonds is 4. The maximum Gasteiger partial charge on any atom is 0.0186 e. The molecule has 1 nitrogen and oxygen atoms in total. The van der Waals surface area contributed by atoms with Gasteiger partial charge in [-0.15, -0.1) is 0 Å². The van der Waals surface area contributed by atoms with Crippen molar-refractivity contribution in [3.05, 3.63) is 0 Å². The van der Waals surface area contributed by atoms with Crippen molar-refractivity contribution < 1.29 is 0 Å². The maximum atomic E-state index is 6.60. The van der Waals surface area contributed by atoms with Gasteiger partial charge in [-0.05, 0) is 92.8 Å². The number of hydrogen-bond acceptors (Lipinski definition) is 1. The third-order valence-electron chi connectivity index (χ3n) is 7.32. The first-order valence-corrected chi connectivity index (χ1v) is 8.84. The highest BCUT2D eigenvalue weighted by atomic mass is 14.8. The molecule has 1 atom stereocenters. The minimum absolute atomic E-state index is 0.239. The zero-order chi connectivity index (χ0) is 13.2. The molecule has 108 valence electrons. The van der Waals surface area contributed by atoms with Crippen LogP contribution in [-0.4, -0.2) is 5.54 Å². The van der Waals surface area contributed by atoms with Crippen LogP contribution in [0.5, 0.6) is 0 Å². The average molecular weight is 261 g/mol. The fraction of sp³-hybridized carbons (Fsp3) is 1.00. The van der Waals surface area contributed by atoms with Gasteiger partial charge in [-0.3, -0.25) is 0 Å². The lowest BCUT2D eigenvalue weighted by atomic mass is 9.50. The summed E-state index contributed by atoms with van der Waals surface area (Å²) in [7, 11) is 0. The van der Waals surface area contributed by atoms with Crippen LogP contribution in [0.4, 0.5) is 0 Å². The van der Waals surface area contributed by atoms with Gasteiger partial charge in [0.05, 0.1) is 0 Å². The van der Waals surface area contributed by atoms with Crippen molar-refractivity contribution >= 4 is 0 Å². The molecule has 0 aromatic rings. The Morgan fingerprint density at radius 1 is 0.947 bits per heavy atom. The van der Waals surface area contributed by atoms with E-state index in [1.165, 1.54) is 19.3 Å². The molecule has 19 heavy (non-hydrogen) atoms. The molecule has 2 N–H and O–H groups in total. The largest absolute Gasteiger partial charge is 0.325 e. The van der Waals surface area contributed by atoms with Crippen molar-refractivity contribution in [1.82, 2.24) is 0 Å². The van der Waals surface area contributed by atoms with E-state index in [0.717, 1.165) is 41.4 Å². The molecule has 0 aromatic heterocycles. The summed E-state index contributed by atoms with van der Waals surface area (Å²) < 4.78 is 0. The van der Waals surface area contributed by atoms with Crippen molar-refractivity contribution in [2.24, 2.45) is 47.2 Å². The van der Waals surface area contributed by atoms with E-state index in [1.54, 1.807) is 32.1 Å². The molecule has 5 fully saturated rings. The molecule has 5 aliphatic carbocycles. The zero-order valence-corrected chi connectivity index (χ0v) is 12.8. The van der Waals surface area contributed by atoms with Crippen molar-refractivity contribution in [1.29, 1.82) is 0 Å². The van der Waals surface area contributed by atoms with Gasteiger partial charge < -0.3 is 5.73 Å². The molecule has 5 rings (SSSR count). The zero-order valence-electron chi connectivity index (χ0n) is 12.8. The van der Waals surface area contributed by atoms with Crippen molar-refractivity contribution in [3.8, 4) is 0 Å². The van der Waals surface area contributed by atoms with Crippen molar-refractivity contribution in [2.45, 2.75) is 70.8 Å². The minimum Gasteiger partial charge on any atom is -0.325 e. The van der Waals surface area contributed by atoms with Gasteiger partial charge in [0, 0.05) is 5.54 Å². The van der Waals surface area contributed by atoms with Crippen molar-refractivity contribution in [2.75, 3.05) is 0 Å². The SMILES string of the molecule is CC(C)C(CC1C2CC3CC(C2)CC1C3)C1(N)CC1. The summed E-state index contributed by atoms with van der Waals surface area (Å²) >= 11 is 0. The summed E-state index contributed by atoms with van der Waals surface area (Å²) in [4.78, 5) is 0. The lowest BCUT2D eigenvalue weighted by molar-refractivity contribution is -0.0503. The third kappa shape index (κ3) is 2.07. The second kappa shape index (κ2) is 4.23. The third-order valence-corrected chi connectivity index (χ3v) is 7.32. The van der Waals surface area contributed by atoms with Gasteiger partial charge in [0.1, 0.15) is 0 Å². The lowest BCUT2D eigenvalue weighted by Crippen LogP contribution is -2.47. The van der Waals surface area contributed by atoms with Crippen LogP contribution < -0.4 is 5.73 Å². The average Bonchev–Trinajstić information content (AvgIpc) is 3.05. The highest BCUT2D eigenvalue weighted by molar-refractivity contribution is 5.07. The van der Waals surface area contributed by atoms with Gasteiger partial charge in [-0.1, -0.05) is 13.8 Å². The molecule has 5 saturated carbocycles. The number of nitrogens with two attached hydrogens (primary N) is 1. The summed E-state index contributed by atoms with van der Waals surface area (Å²) in [6.07, 6.45) is 11.9. The highest BCUT2D eigenvalue weighted by Crippen LogP contribution is 2.59. The topological polar surface area (TPSA) is 26.0 Å². The number of hydrogen-bond donors (Lipinski definition) is 1. The van der Waals surface area contributed by atoms with Crippen LogP contribution in [0, 0.1) is 41.4 Å². The summed E-state index contributed by atoms with van der Waals surface area (Å²) in [6, 6.07) is 0. The Bertz CT molecular complexity index is 327. The van der Waals surface area contributed by atoms with Crippen molar-refractivity contribution in [3.63, 3.8) is 0 Å². The second-order valence-electron chi connectivity index (χ2n) is 8.91. The first-order chi connectivity index (χ1) is 9.05. The van der Waals surface area contributed by atoms with Crippen LogP contribution in [-0.2, 0) is 0 Å². The molecule has 1 unspecified atom stereocenters. The first kappa shape index (κ1) is 12.7. The fourth-order valence-corrected chi connectivity index (χ4v) is 6.40. The van der Waals surface area contributed by atoms with E-state index in [9.17, 15) is 0 Å². The van der Waals surface area contributed by atoms with E-state index >= 15 is 0 Å². The minimum atomic E-state index is 0.239. The van der Waals surface area contributed by atoms with Gasteiger partial charge >= 0.3 is 0 Å². The second-order valence-corrected chi connectivity index (χ2v) is 8.91. The van der Waals surface area contributed by atoms with Gasteiger partial charge in [0.15, 0.2) is 0 Å². The van der Waals surface area contributed by atoms with Crippen LogP contribution in [0.15, 0.2) is 0 Å². The van der Waals surface area contributed by atoms with Crippen LogP contribution in [0.1, 0.15) is 65.2 Å². The molecule has 0 aliphatic heterocycles. The van der Waals surface area contributed by atoms with Crippen LogP contribution >= 0.6 is 0 Å². The Kier molecular flexibility index (Phi) is 2.82. The summed E-state index contributed by atoms with van der Waals surface area (Å²) in [5.74, 6) is 7.02. The molecular weight excluding hydrogens is 230 g/mol. The molecule has 0 spiro atoms. The van der Waals surface area contributed by atoms with E-state index in [0.29, 0.717) is 0 Å². The van der Waals surface area contributed by atoms with E-state index in [1.807, 2.05) is 0 Å². The Hall–Kier alpha value is -0.0400. The summed E-state index contributed by atoms with van der Waals surface area (Å²) in [5, 5.41) is 0. The van der Waals surface area contributed by atoms with Gasteiger partial charge in [-0.25, -0.2) is 0 Å². The van der Waals surface area contributed by atoms with Crippen LogP contribution in [0.2, 0.25) is 0 Å². The van der Waals surface area contributed by atoms with Crippen LogP contribution in [0.25, 0.3) is 0 Å². The fourth-order valence-electron chi connectivity index (χ4n) is 6.40.